The first kappa shape index (κ1) is 12.9. The van der Waals surface area contributed by atoms with Gasteiger partial charge < -0.3 is 20.8 Å². The van der Waals surface area contributed by atoms with Crippen LogP contribution in [0.5, 0.6) is 0 Å². The van der Waals surface area contributed by atoms with Crippen molar-refractivity contribution in [3.05, 3.63) is 55.0 Å². The summed E-state index contributed by atoms with van der Waals surface area (Å²) in [5.41, 5.74) is 7.31. The summed E-state index contributed by atoms with van der Waals surface area (Å²) in [6.45, 7) is 0.501. The van der Waals surface area contributed by atoms with Crippen LogP contribution < -0.4 is 16.4 Å². The highest BCUT2D eigenvalue weighted by Gasteiger charge is 2.08. The van der Waals surface area contributed by atoms with Crippen molar-refractivity contribution >= 4 is 23.0 Å². The molecule has 106 valence electrons. The van der Waals surface area contributed by atoms with Gasteiger partial charge in [0.2, 0.25) is 0 Å². The molecule has 0 aromatic carbocycles. The first-order valence-corrected chi connectivity index (χ1v) is 6.36. The van der Waals surface area contributed by atoms with Crippen LogP contribution in [0, 0.1) is 0 Å². The number of anilines is 4. The van der Waals surface area contributed by atoms with Crippen LogP contribution in [-0.4, -0.2) is 15.0 Å². The van der Waals surface area contributed by atoms with Crippen LogP contribution in [-0.2, 0) is 6.54 Å². The normalized spacial score (nSPS) is 10.3. The van der Waals surface area contributed by atoms with E-state index in [0.717, 1.165) is 11.4 Å². The van der Waals surface area contributed by atoms with Crippen molar-refractivity contribution in [1.29, 1.82) is 0 Å². The summed E-state index contributed by atoms with van der Waals surface area (Å²) >= 11 is 0. The van der Waals surface area contributed by atoms with E-state index >= 15 is 0 Å². The molecule has 0 atom stereocenters. The molecule has 0 spiro atoms. The number of nitrogens with one attached hydrogen (secondary N) is 2. The quantitative estimate of drug-likeness (QED) is 0.660. The molecule has 4 N–H and O–H groups in total. The molecule has 7 heteroatoms. The van der Waals surface area contributed by atoms with Crippen LogP contribution in [0.2, 0.25) is 0 Å². The Kier molecular flexibility index (Phi) is 3.64. The molecule has 0 aliphatic rings. The van der Waals surface area contributed by atoms with Crippen molar-refractivity contribution in [1.82, 2.24) is 15.0 Å². The molecule has 0 fully saturated rings. The van der Waals surface area contributed by atoms with E-state index in [1.54, 1.807) is 18.7 Å². The fraction of sp³-hybridized carbons (Fsp3) is 0.0714. The van der Waals surface area contributed by atoms with Gasteiger partial charge >= 0.3 is 0 Å². The van der Waals surface area contributed by atoms with Crippen molar-refractivity contribution in [3.63, 3.8) is 0 Å². The van der Waals surface area contributed by atoms with Crippen LogP contribution >= 0.6 is 0 Å². The Morgan fingerprint density at radius 3 is 2.81 bits per heavy atom. The number of hydrogen-bond acceptors (Lipinski definition) is 7. The second kappa shape index (κ2) is 5.91. The summed E-state index contributed by atoms with van der Waals surface area (Å²) in [6.07, 6.45) is 6.46. The Morgan fingerprint density at radius 1 is 1.14 bits per heavy atom. The van der Waals surface area contributed by atoms with E-state index in [1.807, 2.05) is 24.3 Å². The Morgan fingerprint density at radius 2 is 2.05 bits per heavy atom. The molecule has 0 saturated carbocycles. The number of nitrogens with two attached hydrogens (primary N) is 1. The standard InChI is InChI=1S/C14H14N6O/c15-12-13(17-8-11-4-2-6-21-11)18-9-19-14(12)20-10-3-1-5-16-7-10/h1-7,9H,8,15H2,(H2,17,18,19,20). The molecular formula is C14H14N6O. The predicted molar refractivity (Wildman–Crippen MR) is 80.0 cm³/mol. The van der Waals surface area contributed by atoms with Crippen LogP contribution in [0.1, 0.15) is 5.76 Å². The number of nitrogens with zero attached hydrogens (tertiary/aromatic N) is 3. The van der Waals surface area contributed by atoms with Crippen molar-refractivity contribution in [3.8, 4) is 0 Å². The lowest BCUT2D eigenvalue weighted by Gasteiger charge is -2.11. The smallest absolute Gasteiger partial charge is 0.159 e. The van der Waals surface area contributed by atoms with E-state index in [1.165, 1.54) is 6.33 Å². The number of aromatic nitrogens is 3. The summed E-state index contributed by atoms with van der Waals surface area (Å²) in [6, 6.07) is 7.41. The third-order valence-electron chi connectivity index (χ3n) is 2.82. The van der Waals surface area contributed by atoms with Gasteiger partial charge in [0, 0.05) is 6.20 Å². The second-order valence-electron chi connectivity index (χ2n) is 4.28. The average Bonchev–Trinajstić information content (AvgIpc) is 3.03. The van der Waals surface area contributed by atoms with Gasteiger partial charge in [0.1, 0.15) is 17.8 Å². The zero-order chi connectivity index (χ0) is 14.5. The largest absolute Gasteiger partial charge is 0.467 e. The second-order valence-corrected chi connectivity index (χ2v) is 4.28. The molecule has 3 aromatic rings. The molecule has 0 aliphatic heterocycles. The van der Waals surface area contributed by atoms with Gasteiger partial charge in [0.25, 0.3) is 0 Å². The van der Waals surface area contributed by atoms with Crippen LogP contribution in [0.4, 0.5) is 23.0 Å². The van der Waals surface area contributed by atoms with Gasteiger partial charge in [0.15, 0.2) is 11.6 Å². The van der Waals surface area contributed by atoms with Gasteiger partial charge in [-0.1, -0.05) is 0 Å². The molecular weight excluding hydrogens is 268 g/mol. The molecule has 0 unspecified atom stereocenters. The zero-order valence-electron chi connectivity index (χ0n) is 11.2. The molecule has 0 saturated heterocycles. The molecule has 3 aromatic heterocycles. The zero-order valence-corrected chi connectivity index (χ0v) is 11.2. The van der Waals surface area contributed by atoms with Gasteiger partial charge in [-0.25, -0.2) is 9.97 Å². The van der Waals surface area contributed by atoms with Crippen molar-refractivity contribution in [2.75, 3.05) is 16.4 Å². The lowest BCUT2D eigenvalue weighted by atomic mass is 10.3. The maximum absolute atomic E-state index is 6.07. The minimum absolute atomic E-state index is 0.438. The molecule has 0 radical (unpaired) electrons. The van der Waals surface area contributed by atoms with E-state index in [4.69, 9.17) is 10.2 Å². The maximum Gasteiger partial charge on any atom is 0.159 e. The van der Waals surface area contributed by atoms with Crippen molar-refractivity contribution in [2.24, 2.45) is 0 Å². The number of nitrogen functional groups attached to an aromatic ring is 1. The number of hydrogen-bond donors (Lipinski definition) is 3. The third-order valence-corrected chi connectivity index (χ3v) is 2.82. The highest BCUT2D eigenvalue weighted by atomic mass is 16.3. The lowest BCUT2D eigenvalue weighted by Crippen LogP contribution is -2.07. The van der Waals surface area contributed by atoms with E-state index < -0.39 is 0 Å². The predicted octanol–water partition coefficient (Wildman–Crippen LogP) is 2.40. The highest BCUT2D eigenvalue weighted by Crippen LogP contribution is 2.25. The molecule has 3 rings (SSSR count). The molecule has 7 nitrogen and oxygen atoms in total. The van der Waals surface area contributed by atoms with Crippen LogP contribution in [0.15, 0.2) is 53.7 Å². The van der Waals surface area contributed by atoms with Crippen molar-refractivity contribution in [2.45, 2.75) is 6.54 Å². The average molecular weight is 282 g/mol. The minimum Gasteiger partial charge on any atom is -0.467 e. The number of pyridine rings is 1. The first-order chi connectivity index (χ1) is 10.3. The molecule has 0 aliphatic carbocycles. The molecule has 21 heavy (non-hydrogen) atoms. The summed E-state index contributed by atoms with van der Waals surface area (Å²) in [4.78, 5) is 12.3. The lowest BCUT2D eigenvalue weighted by molar-refractivity contribution is 0.518. The minimum atomic E-state index is 0.438. The van der Waals surface area contributed by atoms with E-state index in [0.29, 0.717) is 23.9 Å². The van der Waals surface area contributed by atoms with Crippen LogP contribution in [0.25, 0.3) is 0 Å². The topological polar surface area (TPSA) is 102 Å². The van der Waals surface area contributed by atoms with Crippen LogP contribution in [0.3, 0.4) is 0 Å². The third kappa shape index (κ3) is 3.08. The summed E-state index contributed by atoms with van der Waals surface area (Å²) in [7, 11) is 0. The Hall–Kier alpha value is -3.09. The van der Waals surface area contributed by atoms with Gasteiger partial charge in [-0.15, -0.1) is 0 Å². The number of furan rings is 1. The Labute approximate surface area is 121 Å². The summed E-state index contributed by atoms with van der Waals surface area (Å²) in [5.74, 6) is 1.88. The fourth-order valence-corrected chi connectivity index (χ4v) is 1.79. The van der Waals surface area contributed by atoms with Crippen molar-refractivity contribution < 1.29 is 4.42 Å². The van der Waals surface area contributed by atoms with Gasteiger partial charge in [-0.3, -0.25) is 4.98 Å². The van der Waals surface area contributed by atoms with E-state index in [9.17, 15) is 0 Å². The Bertz CT molecular complexity index is 699. The summed E-state index contributed by atoms with van der Waals surface area (Å²) < 4.78 is 5.25. The molecule has 0 amide bonds. The first-order valence-electron chi connectivity index (χ1n) is 6.36. The van der Waals surface area contributed by atoms with Gasteiger partial charge in [-0.05, 0) is 24.3 Å². The highest BCUT2D eigenvalue weighted by molar-refractivity contribution is 5.77. The van der Waals surface area contributed by atoms with Gasteiger partial charge in [-0.2, -0.15) is 0 Å². The molecule has 0 bridgehead atoms. The monoisotopic (exact) mass is 282 g/mol. The Balaban J connectivity index is 1.75. The fourth-order valence-electron chi connectivity index (χ4n) is 1.79. The maximum atomic E-state index is 6.07. The SMILES string of the molecule is Nc1c(NCc2ccco2)ncnc1Nc1cccnc1. The van der Waals surface area contributed by atoms with Gasteiger partial charge in [0.05, 0.1) is 24.7 Å². The molecule has 3 heterocycles. The van der Waals surface area contributed by atoms with E-state index in [-0.39, 0.29) is 0 Å². The summed E-state index contributed by atoms with van der Waals surface area (Å²) in [5, 5.41) is 6.22. The number of rotatable bonds is 5. The van der Waals surface area contributed by atoms with E-state index in [2.05, 4.69) is 25.6 Å².